The highest BCUT2D eigenvalue weighted by Gasteiger charge is 2.29. The number of benzene rings is 1. The van der Waals surface area contributed by atoms with E-state index in [9.17, 15) is 10.1 Å². The van der Waals surface area contributed by atoms with Gasteiger partial charge < -0.3 is 4.90 Å². The van der Waals surface area contributed by atoms with Gasteiger partial charge in [-0.2, -0.15) is 5.26 Å². The van der Waals surface area contributed by atoms with E-state index in [4.69, 9.17) is 0 Å². The van der Waals surface area contributed by atoms with Gasteiger partial charge in [0, 0.05) is 31.7 Å². The molecule has 3 rings (SSSR count). The molecule has 0 radical (unpaired) electrons. The van der Waals surface area contributed by atoms with Gasteiger partial charge >= 0.3 is 0 Å². The van der Waals surface area contributed by atoms with Crippen LogP contribution in [-0.4, -0.2) is 29.8 Å². The number of carbonyl (C=O) groups excluding carboxylic acids is 1. The molecule has 1 aliphatic carbocycles. The summed E-state index contributed by atoms with van der Waals surface area (Å²) in [4.78, 5) is 13.9. The molecule has 0 N–H and O–H groups in total. The Morgan fingerprint density at radius 1 is 1.33 bits per heavy atom. The van der Waals surface area contributed by atoms with Crippen molar-refractivity contribution in [1.29, 1.82) is 5.26 Å². The molecule has 1 unspecified atom stereocenters. The molecule has 1 atom stereocenters. The fourth-order valence-corrected chi connectivity index (χ4v) is 4.57. The van der Waals surface area contributed by atoms with Crippen molar-refractivity contribution < 1.29 is 9.37 Å². The van der Waals surface area contributed by atoms with E-state index in [0.717, 1.165) is 54.7 Å². The second-order valence-electron chi connectivity index (χ2n) is 8.13. The van der Waals surface area contributed by atoms with Crippen LogP contribution in [0.3, 0.4) is 0 Å². The predicted molar refractivity (Wildman–Crippen MR) is 123 cm³/mol. The van der Waals surface area contributed by atoms with Gasteiger partial charge in [0.25, 0.3) is 0 Å². The average molecular weight is 403 g/mol. The minimum Gasteiger partial charge on any atom is -0.313 e. The van der Waals surface area contributed by atoms with Crippen molar-refractivity contribution in [3.05, 3.63) is 58.8 Å². The van der Waals surface area contributed by atoms with Crippen LogP contribution in [-0.2, 0) is 4.79 Å². The molecule has 156 valence electrons. The van der Waals surface area contributed by atoms with Gasteiger partial charge in [0.15, 0.2) is 11.9 Å². The first kappa shape index (κ1) is 21.8. The zero-order valence-electron chi connectivity index (χ0n) is 18.6. The third kappa shape index (κ3) is 4.62. The van der Waals surface area contributed by atoms with Crippen LogP contribution < -0.4 is 4.90 Å². The van der Waals surface area contributed by atoms with Crippen molar-refractivity contribution in [1.82, 2.24) is 0 Å². The molecule has 0 saturated carbocycles. The maximum atomic E-state index is 12.1. The van der Waals surface area contributed by atoms with Crippen LogP contribution in [0.1, 0.15) is 58.9 Å². The quantitative estimate of drug-likeness (QED) is 0.627. The van der Waals surface area contributed by atoms with E-state index in [2.05, 4.69) is 55.0 Å². The van der Waals surface area contributed by atoms with Crippen LogP contribution in [0.5, 0.6) is 0 Å². The van der Waals surface area contributed by atoms with Gasteiger partial charge in [-0.25, -0.2) is 4.58 Å². The summed E-state index contributed by atoms with van der Waals surface area (Å²) in [7, 11) is 0. The maximum Gasteiger partial charge on any atom is 0.223 e. The van der Waals surface area contributed by atoms with E-state index < -0.39 is 0 Å². The van der Waals surface area contributed by atoms with E-state index in [1.165, 1.54) is 11.1 Å². The molecular weight excluding hydrogens is 370 g/mol. The third-order valence-electron chi connectivity index (χ3n) is 6.13. The lowest BCUT2D eigenvalue weighted by Gasteiger charge is -2.22. The predicted octanol–water partition coefficient (Wildman–Crippen LogP) is 5.47. The second-order valence-corrected chi connectivity index (χ2v) is 8.13. The number of amides is 1. The van der Waals surface area contributed by atoms with Crippen LogP contribution in [0, 0.1) is 17.2 Å². The SMILES string of the molecule is CCN(C(C)=O)c1cccc(C2=CC=[N+](CC)C3=C(C#N)C=C(C)CCCC2C3)c1. The molecule has 1 aromatic rings. The zero-order chi connectivity index (χ0) is 21.7. The van der Waals surface area contributed by atoms with Crippen LogP contribution in [0.15, 0.2) is 53.3 Å². The Labute approximate surface area is 180 Å². The Balaban J connectivity index is 2.09. The molecule has 4 heteroatoms. The summed E-state index contributed by atoms with van der Waals surface area (Å²) in [6, 6.07) is 10.8. The number of carbonyl (C=O) groups is 1. The van der Waals surface area contributed by atoms with Gasteiger partial charge in [0.1, 0.15) is 18.2 Å². The summed E-state index contributed by atoms with van der Waals surface area (Å²) in [6.45, 7) is 9.35. The second kappa shape index (κ2) is 9.71. The maximum absolute atomic E-state index is 12.1. The Morgan fingerprint density at radius 3 is 2.80 bits per heavy atom. The molecule has 0 fully saturated rings. The minimum absolute atomic E-state index is 0.0566. The summed E-state index contributed by atoms with van der Waals surface area (Å²) in [5, 5.41) is 9.85. The highest BCUT2D eigenvalue weighted by Crippen LogP contribution is 2.37. The van der Waals surface area contributed by atoms with Gasteiger partial charge in [-0.3, -0.25) is 4.79 Å². The van der Waals surface area contributed by atoms with Gasteiger partial charge in [-0.1, -0.05) is 17.7 Å². The van der Waals surface area contributed by atoms with E-state index in [-0.39, 0.29) is 5.91 Å². The lowest BCUT2D eigenvalue weighted by molar-refractivity contribution is -0.471. The van der Waals surface area contributed by atoms with Gasteiger partial charge in [0.2, 0.25) is 5.91 Å². The van der Waals surface area contributed by atoms with Gasteiger partial charge in [0.05, 0.1) is 0 Å². The summed E-state index contributed by atoms with van der Waals surface area (Å²) >= 11 is 0. The first-order valence-corrected chi connectivity index (χ1v) is 11.0. The molecule has 2 bridgehead atoms. The Bertz CT molecular complexity index is 988. The lowest BCUT2D eigenvalue weighted by atomic mass is 9.85. The number of anilines is 1. The largest absolute Gasteiger partial charge is 0.313 e. The Kier molecular flexibility index (Phi) is 7.05. The molecule has 1 aliphatic heterocycles. The van der Waals surface area contributed by atoms with E-state index in [1.54, 1.807) is 11.8 Å². The number of hydrogen-bond donors (Lipinski definition) is 0. The van der Waals surface area contributed by atoms with E-state index in [0.29, 0.717) is 12.5 Å². The van der Waals surface area contributed by atoms with Crippen molar-refractivity contribution >= 4 is 23.4 Å². The molecule has 2 aliphatic rings. The molecule has 4 nitrogen and oxygen atoms in total. The van der Waals surface area contributed by atoms with Crippen molar-refractivity contribution in [2.75, 3.05) is 18.0 Å². The smallest absolute Gasteiger partial charge is 0.223 e. The van der Waals surface area contributed by atoms with Gasteiger partial charge in [-0.15, -0.1) is 0 Å². The lowest BCUT2D eigenvalue weighted by Crippen LogP contribution is -2.27. The van der Waals surface area contributed by atoms with Crippen LogP contribution in [0.25, 0.3) is 5.57 Å². The molecule has 30 heavy (non-hydrogen) atoms. The Hall–Kier alpha value is -2.93. The molecular formula is C26H32N3O+. The van der Waals surface area contributed by atoms with Gasteiger partial charge in [-0.05, 0) is 75.3 Å². The number of nitrogens with zero attached hydrogens (tertiary/aromatic N) is 3. The zero-order valence-corrected chi connectivity index (χ0v) is 18.6. The highest BCUT2D eigenvalue weighted by atomic mass is 16.2. The topological polar surface area (TPSA) is 47.1 Å². The number of rotatable bonds is 4. The number of nitriles is 1. The minimum atomic E-state index is 0.0566. The highest BCUT2D eigenvalue weighted by molar-refractivity contribution is 5.92. The normalized spacial score (nSPS) is 19.3. The third-order valence-corrected chi connectivity index (χ3v) is 6.13. The van der Waals surface area contributed by atoms with E-state index >= 15 is 0 Å². The van der Waals surface area contributed by atoms with Crippen molar-refractivity contribution in [3.8, 4) is 6.07 Å². The first-order chi connectivity index (χ1) is 14.5. The van der Waals surface area contributed by atoms with E-state index in [1.807, 2.05) is 19.1 Å². The van der Waals surface area contributed by atoms with Crippen LogP contribution >= 0.6 is 0 Å². The summed E-state index contributed by atoms with van der Waals surface area (Å²) in [6.07, 6.45) is 10.5. The Morgan fingerprint density at radius 2 is 2.13 bits per heavy atom. The average Bonchev–Trinajstić information content (AvgIpc) is 2.86. The molecule has 0 saturated heterocycles. The first-order valence-electron chi connectivity index (χ1n) is 11.0. The monoisotopic (exact) mass is 402 g/mol. The van der Waals surface area contributed by atoms with Crippen molar-refractivity contribution in [2.24, 2.45) is 5.92 Å². The molecule has 0 aromatic heterocycles. The summed E-state index contributed by atoms with van der Waals surface area (Å²) < 4.78 is 2.21. The van der Waals surface area contributed by atoms with Crippen molar-refractivity contribution in [2.45, 2.75) is 53.4 Å². The van der Waals surface area contributed by atoms with Crippen LogP contribution in [0.2, 0.25) is 0 Å². The number of fused-ring (bicyclic) bond motifs is 2. The number of allylic oxidation sites excluding steroid dienone is 6. The molecule has 1 amide bonds. The van der Waals surface area contributed by atoms with Crippen LogP contribution in [0.4, 0.5) is 5.69 Å². The summed E-state index contributed by atoms with van der Waals surface area (Å²) in [5.74, 6) is 0.402. The fourth-order valence-electron chi connectivity index (χ4n) is 4.57. The van der Waals surface area contributed by atoms with Crippen molar-refractivity contribution in [3.63, 3.8) is 0 Å². The summed E-state index contributed by atoms with van der Waals surface area (Å²) in [5.41, 5.74) is 6.57. The molecule has 0 spiro atoms. The fraction of sp³-hybridized carbons (Fsp3) is 0.423. The number of hydrogen-bond acceptors (Lipinski definition) is 2. The molecule has 1 heterocycles. The standard InChI is InChI=1S/C26H32N3O/c1-5-28-14-13-25(21-11-8-12-24(16-21)29(6-2)20(4)30)22-10-7-9-19(3)15-23(18-27)26(28)17-22/h8,11-16,22H,5-7,9-10,17H2,1-4H3/q+1. The molecule has 1 aromatic carbocycles.